The van der Waals surface area contributed by atoms with Crippen molar-refractivity contribution in [1.29, 1.82) is 0 Å². The molecule has 1 saturated heterocycles. The minimum absolute atomic E-state index is 0.0454. The molecular weight excluding hydrogens is 472 g/mol. The maximum absolute atomic E-state index is 13.4. The Morgan fingerprint density at radius 2 is 1.80 bits per heavy atom. The molecule has 2 aromatic rings. The van der Waals surface area contributed by atoms with Crippen LogP contribution in [0.15, 0.2) is 53.4 Å². The summed E-state index contributed by atoms with van der Waals surface area (Å²) in [4.78, 5) is 38.3. The number of ether oxygens (including phenoxy) is 2. The smallest absolute Gasteiger partial charge is 0.326 e. The monoisotopic (exact) mass is 500 g/mol. The van der Waals surface area contributed by atoms with Crippen molar-refractivity contribution in [3.63, 3.8) is 0 Å². The summed E-state index contributed by atoms with van der Waals surface area (Å²) in [7, 11) is -3.94. The molecule has 0 aromatic heterocycles. The van der Waals surface area contributed by atoms with Crippen LogP contribution in [-0.4, -0.2) is 61.7 Å². The average molecular weight is 501 g/mol. The molecule has 0 saturated carbocycles. The lowest BCUT2D eigenvalue weighted by Gasteiger charge is -2.25. The zero-order chi connectivity index (χ0) is 25.4. The first-order valence-electron chi connectivity index (χ1n) is 11.4. The van der Waals surface area contributed by atoms with E-state index in [1.807, 2.05) is 18.2 Å². The number of anilines is 1. The molecule has 186 valence electrons. The highest BCUT2D eigenvalue weighted by Crippen LogP contribution is 2.34. The zero-order valence-electron chi connectivity index (χ0n) is 19.9. The minimum atomic E-state index is -3.94. The highest BCUT2D eigenvalue weighted by Gasteiger charge is 2.41. The predicted molar refractivity (Wildman–Crippen MR) is 128 cm³/mol. The van der Waals surface area contributed by atoms with Crippen molar-refractivity contribution >= 4 is 33.4 Å². The van der Waals surface area contributed by atoms with Crippen LogP contribution in [0.2, 0.25) is 0 Å². The molecule has 2 aliphatic rings. The van der Waals surface area contributed by atoms with Crippen LogP contribution in [0.4, 0.5) is 5.69 Å². The summed E-state index contributed by atoms with van der Waals surface area (Å²) in [6, 6.07) is 12.8. The van der Waals surface area contributed by atoms with Crippen LogP contribution in [0.25, 0.3) is 0 Å². The summed E-state index contributed by atoms with van der Waals surface area (Å²) in [5, 5.41) is 0. The molecule has 10 heteroatoms. The number of fused-ring (bicyclic) bond motifs is 1. The van der Waals surface area contributed by atoms with Gasteiger partial charge in [-0.05, 0) is 63.9 Å². The van der Waals surface area contributed by atoms with Crippen LogP contribution >= 0.6 is 0 Å². The van der Waals surface area contributed by atoms with Gasteiger partial charge in [-0.25, -0.2) is 8.42 Å². The molecule has 1 fully saturated rings. The number of amides is 1. The molecule has 0 N–H and O–H groups in total. The summed E-state index contributed by atoms with van der Waals surface area (Å²) in [6.07, 6.45) is 1.34. The fraction of sp³-hybridized carbons (Fsp3) is 0.400. The molecule has 2 aliphatic heterocycles. The molecule has 2 aromatic carbocycles. The van der Waals surface area contributed by atoms with Crippen LogP contribution in [0.5, 0.6) is 5.75 Å². The minimum Gasteiger partial charge on any atom is -0.492 e. The lowest BCUT2D eigenvalue weighted by Crippen LogP contribution is -2.39. The van der Waals surface area contributed by atoms with Gasteiger partial charge in [-0.15, -0.1) is 0 Å². The second-order valence-corrected chi connectivity index (χ2v) is 11.4. The lowest BCUT2D eigenvalue weighted by atomic mass is 10.1. The summed E-state index contributed by atoms with van der Waals surface area (Å²) in [6.45, 7) is 5.19. The Morgan fingerprint density at radius 1 is 1.09 bits per heavy atom. The second-order valence-electron chi connectivity index (χ2n) is 9.52. The van der Waals surface area contributed by atoms with E-state index in [4.69, 9.17) is 9.47 Å². The number of carbonyl (C=O) groups excluding carboxylic acids is 3. The molecular formula is C25H28N2O7S. The molecule has 4 rings (SSSR count). The van der Waals surface area contributed by atoms with Crippen molar-refractivity contribution in [2.75, 3.05) is 24.6 Å². The van der Waals surface area contributed by atoms with Gasteiger partial charge in [0.2, 0.25) is 10.0 Å². The van der Waals surface area contributed by atoms with E-state index in [9.17, 15) is 22.8 Å². The van der Waals surface area contributed by atoms with Gasteiger partial charge < -0.3 is 9.47 Å². The second kappa shape index (κ2) is 9.43. The summed E-state index contributed by atoms with van der Waals surface area (Å²) >= 11 is 0. The van der Waals surface area contributed by atoms with Crippen LogP contribution < -0.4 is 9.64 Å². The largest absolute Gasteiger partial charge is 0.492 e. The van der Waals surface area contributed by atoms with Crippen molar-refractivity contribution in [2.24, 2.45) is 0 Å². The van der Waals surface area contributed by atoms with Gasteiger partial charge >= 0.3 is 5.97 Å². The predicted octanol–water partition coefficient (Wildman–Crippen LogP) is 2.79. The number of rotatable bonds is 7. The number of esters is 1. The fourth-order valence-corrected chi connectivity index (χ4v) is 5.94. The Kier molecular flexibility index (Phi) is 6.70. The molecule has 0 aliphatic carbocycles. The molecule has 1 atom stereocenters. The van der Waals surface area contributed by atoms with E-state index in [1.165, 1.54) is 22.5 Å². The van der Waals surface area contributed by atoms with Crippen molar-refractivity contribution in [1.82, 2.24) is 4.31 Å². The first-order chi connectivity index (χ1) is 16.5. The van der Waals surface area contributed by atoms with Crippen molar-refractivity contribution in [3.05, 3.63) is 54.1 Å². The van der Waals surface area contributed by atoms with Gasteiger partial charge in [0.05, 0.1) is 22.2 Å². The van der Waals surface area contributed by atoms with E-state index in [0.717, 1.165) is 4.90 Å². The normalized spacial score (nSPS) is 18.6. The highest BCUT2D eigenvalue weighted by atomic mass is 32.2. The van der Waals surface area contributed by atoms with Gasteiger partial charge in [0.25, 0.3) is 11.7 Å². The number of ketones is 1. The number of hydrogen-bond acceptors (Lipinski definition) is 7. The molecule has 0 radical (unpaired) electrons. The van der Waals surface area contributed by atoms with Gasteiger partial charge in [-0.2, -0.15) is 4.31 Å². The number of Topliss-reactive ketones (excluding diaryl/α,β-unsaturated/α-hetero) is 1. The quantitative estimate of drug-likeness (QED) is 0.425. The number of nitrogens with zero attached hydrogens (tertiary/aromatic N) is 2. The zero-order valence-corrected chi connectivity index (χ0v) is 20.7. The standard InChI is InChI=1S/C25H28N2O7S/c1-25(2,3)34-22(28)15-26-21-12-11-19(14-20(21)23(29)24(26)30)35(31,32)27-13-7-8-17(27)16-33-18-9-5-4-6-10-18/h4-6,9-12,14,17H,7-8,13,15-16H2,1-3H3. The third kappa shape index (κ3) is 5.23. The van der Waals surface area contributed by atoms with Crippen LogP contribution in [0.1, 0.15) is 44.0 Å². The maximum atomic E-state index is 13.4. The summed E-state index contributed by atoms with van der Waals surface area (Å²) in [5.41, 5.74) is -0.604. The lowest BCUT2D eigenvalue weighted by molar-refractivity contribution is -0.153. The van der Waals surface area contributed by atoms with Crippen molar-refractivity contribution in [2.45, 2.75) is 50.2 Å². The molecule has 2 heterocycles. The molecule has 1 unspecified atom stereocenters. The fourth-order valence-electron chi connectivity index (χ4n) is 4.24. The van der Waals surface area contributed by atoms with Crippen LogP contribution in [-0.2, 0) is 24.3 Å². The Labute approximate surface area is 204 Å². The first kappa shape index (κ1) is 24.9. The number of sulfonamides is 1. The van der Waals surface area contributed by atoms with E-state index in [-0.39, 0.29) is 28.8 Å². The van der Waals surface area contributed by atoms with E-state index in [1.54, 1.807) is 32.9 Å². The van der Waals surface area contributed by atoms with E-state index in [2.05, 4.69) is 0 Å². The Bertz CT molecular complexity index is 1250. The van der Waals surface area contributed by atoms with Crippen molar-refractivity contribution < 1.29 is 32.3 Å². The number of hydrogen-bond donors (Lipinski definition) is 0. The van der Waals surface area contributed by atoms with Crippen LogP contribution in [0.3, 0.4) is 0 Å². The highest BCUT2D eigenvalue weighted by molar-refractivity contribution is 7.89. The molecule has 9 nitrogen and oxygen atoms in total. The van der Waals surface area contributed by atoms with E-state index < -0.39 is 39.8 Å². The summed E-state index contributed by atoms with van der Waals surface area (Å²) < 4.78 is 39.3. The number of para-hydroxylation sites is 1. The molecule has 0 spiro atoms. The average Bonchev–Trinajstić information content (AvgIpc) is 3.37. The van der Waals surface area contributed by atoms with Gasteiger partial charge in [0.15, 0.2) is 0 Å². The van der Waals surface area contributed by atoms with Gasteiger partial charge in [-0.1, -0.05) is 18.2 Å². The van der Waals surface area contributed by atoms with E-state index in [0.29, 0.717) is 25.1 Å². The Morgan fingerprint density at radius 3 is 2.49 bits per heavy atom. The first-order valence-corrected chi connectivity index (χ1v) is 12.8. The van der Waals surface area contributed by atoms with Gasteiger partial charge in [-0.3, -0.25) is 19.3 Å². The molecule has 1 amide bonds. The van der Waals surface area contributed by atoms with Crippen LogP contribution in [0, 0.1) is 0 Å². The van der Waals surface area contributed by atoms with Crippen molar-refractivity contribution in [3.8, 4) is 5.75 Å². The third-order valence-corrected chi connectivity index (χ3v) is 7.71. The number of benzene rings is 2. The molecule has 0 bridgehead atoms. The summed E-state index contributed by atoms with van der Waals surface area (Å²) in [5.74, 6) is -1.76. The van der Waals surface area contributed by atoms with Gasteiger partial charge in [0, 0.05) is 6.54 Å². The SMILES string of the molecule is CC(C)(C)OC(=O)CN1C(=O)C(=O)c2cc(S(=O)(=O)N3CCCC3COc3ccccc3)ccc21. The molecule has 35 heavy (non-hydrogen) atoms. The maximum Gasteiger partial charge on any atom is 0.326 e. The van der Waals surface area contributed by atoms with Gasteiger partial charge in [0.1, 0.15) is 24.5 Å². The number of carbonyl (C=O) groups is 3. The van der Waals surface area contributed by atoms with E-state index >= 15 is 0 Å². The third-order valence-electron chi connectivity index (χ3n) is 5.77. The topological polar surface area (TPSA) is 110 Å². The Balaban J connectivity index is 1.54. The Hall–Kier alpha value is -3.24.